The molecule has 19 heavy (non-hydrogen) atoms. The molecule has 0 bridgehead atoms. The second-order valence-electron chi connectivity index (χ2n) is 6.53. The van der Waals surface area contributed by atoms with E-state index >= 15 is 0 Å². The summed E-state index contributed by atoms with van der Waals surface area (Å²) in [5, 5.41) is 3.44. The summed E-state index contributed by atoms with van der Waals surface area (Å²) >= 11 is 0. The van der Waals surface area contributed by atoms with Crippen molar-refractivity contribution in [1.29, 1.82) is 0 Å². The fourth-order valence-electron chi connectivity index (χ4n) is 2.72. The van der Waals surface area contributed by atoms with Gasteiger partial charge in [0.05, 0.1) is 10.5 Å². The topological polar surface area (TPSA) is 49.4 Å². The van der Waals surface area contributed by atoms with Crippen LogP contribution in [0.15, 0.2) is 0 Å². The summed E-state index contributed by atoms with van der Waals surface area (Å²) in [6, 6.07) is 0. The van der Waals surface area contributed by atoms with Crippen LogP contribution in [0.4, 0.5) is 0 Å². The van der Waals surface area contributed by atoms with E-state index in [1.807, 2.05) is 0 Å². The average molecular weight is 290 g/mol. The highest BCUT2D eigenvalue weighted by Crippen LogP contribution is 2.26. The second kappa shape index (κ2) is 6.10. The molecule has 1 fully saturated rings. The molecule has 0 amide bonds. The van der Waals surface area contributed by atoms with E-state index in [1.165, 1.54) is 0 Å². The number of sulfone groups is 1. The zero-order valence-electron chi connectivity index (χ0n) is 13.1. The molecule has 1 heterocycles. The molecule has 114 valence electrons. The van der Waals surface area contributed by atoms with Gasteiger partial charge in [0.1, 0.15) is 0 Å². The second-order valence-corrected chi connectivity index (χ2v) is 9.39. The van der Waals surface area contributed by atoms with Crippen molar-refractivity contribution in [2.75, 3.05) is 31.9 Å². The Kier molecular flexibility index (Phi) is 5.43. The minimum absolute atomic E-state index is 0.131. The zero-order chi connectivity index (χ0) is 14.7. The molecule has 0 aromatic heterocycles. The van der Waals surface area contributed by atoms with Crippen LogP contribution in [0.3, 0.4) is 0 Å². The molecule has 0 aromatic carbocycles. The largest absolute Gasteiger partial charge is 0.314 e. The predicted molar refractivity (Wildman–Crippen MR) is 81.3 cm³/mol. The van der Waals surface area contributed by atoms with Gasteiger partial charge < -0.3 is 5.32 Å². The molecule has 1 rings (SSSR count). The Hall–Kier alpha value is -0.130. The lowest BCUT2D eigenvalue weighted by Gasteiger charge is -2.47. The van der Waals surface area contributed by atoms with Crippen LogP contribution in [-0.4, -0.2) is 55.5 Å². The third-order valence-electron chi connectivity index (χ3n) is 4.56. The van der Waals surface area contributed by atoms with E-state index in [0.717, 1.165) is 32.5 Å². The number of nitrogens with one attached hydrogen (secondary N) is 1. The maximum Gasteiger partial charge on any atom is 0.156 e. The maximum atomic E-state index is 12.2. The molecular weight excluding hydrogens is 260 g/mol. The molecule has 4 nitrogen and oxygen atoms in total. The van der Waals surface area contributed by atoms with Crippen molar-refractivity contribution in [3.05, 3.63) is 0 Å². The summed E-state index contributed by atoms with van der Waals surface area (Å²) in [7, 11) is -3.03. The number of rotatable bonds is 5. The average Bonchev–Trinajstić information content (AvgIpc) is 2.35. The molecule has 0 unspecified atom stereocenters. The van der Waals surface area contributed by atoms with Crippen molar-refractivity contribution in [2.45, 2.75) is 57.7 Å². The fraction of sp³-hybridized carbons (Fsp3) is 1.00. The van der Waals surface area contributed by atoms with Crippen LogP contribution in [0, 0.1) is 0 Å². The third kappa shape index (κ3) is 3.70. The summed E-state index contributed by atoms with van der Waals surface area (Å²) in [6.45, 7) is 13.3. The highest BCUT2D eigenvalue weighted by molar-refractivity contribution is 7.92. The minimum Gasteiger partial charge on any atom is -0.314 e. The maximum absolute atomic E-state index is 12.2. The summed E-state index contributed by atoms with van der Waals surface area (Å²) in [5.41, 5.74) is 0.131. The van der Waals surface area contributed by atoms with Gasteiger partial charge >= 0.3 is 0 Å². The third-order valence-corrected chi connectivity index (χ3v) is 7.15. The highest BCUT2D eigenvalue weighted by Gasteiger charge is 2.37. The first kappa shape index (κ1) is 16.9. The standard InChI is InChI=1S/C14H30N2O2S/c1-6-14(7-2)12-15-8-9-16(14)10-11-19(17,18)13(3,4)5/h15H,6-12H2,1-5H3. The van der Waals surface area contributed by atoms with Crippen LogP contribution in [0.2, 0.25) is 0 Å². The summed E-state index contributed by atoms with van der Waals surface area (Å²) in [5.74, 6) is 0.262. The van der Waals surface area contributed by atoms with Gasteiger partial charge in [-0.1, -0.05) is 13.8 Å². The SMILES string of the molecule is CCC1(CC)CNCCN1CCS(=O)(=O)C(C)(C)C. The molecular formula is C14H30N2O2S. The molecule has 1 N–H and O–H groups in total. The molecule has 0 spiro atoms. The number of piperazine rings is 1. The Balaban J connectivity index is 2.75. The fourth-order valence-corrected chi connectivity index (χ4v) is 3.79. The Morgan fingerprint density at radius 2 is 1.79 bits per heavy atom. The van der Waals surface area contributed by atoms with Crippen molar-refractivity contribution in [3.8, 4) is 0 Å². The predicted octanol–water partition coefficient (Wildman–Crippen LogP) is 1.66. The van der Waals surface area contributed by atoms with Crippen molar-refractivity contribution in [3.63, 3.8) is 0 Å². The molecule has 5 heteroatoms. The van der Waals surface area contributed by atoms with Gasteiger partial charge in [0, 0.05) is 31.7 Å². The van der Waals surface area contributed by atoms with Gasteiger partial charge in [-0.2, -0.15) is 0 Å². The first-order valence-electron chi connectivity index (χ1n) is 7.36. The highest BCUT2D eigenvalue weighted by atomic mass is 32.2. The lowest BCUT2D eigenvalue weighted by Crippen LogP contribution is -2.61. The Morgan fingerprint density at radius 3 is 2.26 bits per heavy atom. The van der Waals surface area contributed by atoms with E-state index in [4.69, 9.17) is 0 Å². The minimum atomic E-state index is -3.03. The first-order chi connectivity index (χ1) is 8.68. The number of hydrogen-bond donors (Lipinski definition) is 1. The normalized spacial score (nSPS) is 21.5. The molecule has 1 saturated heterocycles. The van der Waals surface area contributed by atoms with Crippen molar-refractivity contribution < 1.29 is 8.42 Å². The Morgan fingerprint density at radius 1 is 1.21 bits per heavy atom. The summed E-state index contributed by atoms with van der Waals surface area (Å²) in [6.07, 6.45) is 2.12. The van der Waals surface area contributed by atoms with Gasteiger partial charge in [-0.05, 0) is 33.6 Å². The zero-order valence-corrected chi connectivity index (χ0v) is 13.9. The first-order valence-corrected chi connectivity index (χ1v) is 9.02. The van der Waals surface area contributed by atoms with Crippen LogP contribution in [0.25, 0.3) is 0 Å². The quantitative estimate of drug-likeness (QED) is 0.837. The molecule has 0 aromatic rings. The van der Waals surface area contributed by atoms with E-state index in [1.54, 1.807) is 20.8 Å². The van der Waals surface area contributed by atoms with Gasteiger partial charge in [0.2, 0.25) is 0 Å². The molecule has 1 aliphatic rings. The van der Waals surface area contributed by atoms with Crippen LogP contribution in [-0.2, 0) is 9.84 Å². The lowest BCUT2D eigenvalue weighted by atomic mass is 9.89. The lowest BCUT2D eigenvalue weighted by molar-refractivity contribution is 0.0582. The Labute approximate surface area is 118 Å². The molecule has 0 atom stereocenters. The van der Waals surface area contributed by atoms with Crippen LogP contribution >= 0.6 is 0 Å². The van der Waals surface area contributed by atoms with Crippen LogP contribution in [0.1, 0.15) is 47.5 Å². The molecule has 0 radical (unpaired) electrons. The Bertz CT molecular complexity index is 381. The van der Waals surface area contributed by atoms with Gasteiger partial charge in [0.15, 0.2) is 9.84 Å². The van der Waals surface area contributed by atoms with Crippen molar-refractivity contribution >= 4 is 9.84 Å². The van der Waals surface area contributed by atoms with E-state index < -0.39 is 14.6 Å². The van der Waals surface area contributed by atoms with E-state index in [2.05, 4.69) is 24.1 Å². The molecule has 1 aliphatic heterocycles. The summed E-state index contributed by atoms with van der Waals surface area (Å²) < 4.78 is 23.8. The van der Waals surface area contributed by atoms with Gasteiger partial charge in [-0.25, -0.2) is 8.42 Å². The number of hydrogen-bond acceptors (Lipinski definition) is 4. The monoisotopic (exact) mass is 290 g/mol. The van der Waals surface area contributed by atoms with Crippen molar-refractivity contribution in [1.82, 2.24) is 10.2 Å². The van der Waals surface area contributed by atoms with Gasteiger partial charge in [-0.3, -0.25) is 4.90 Å². The van der Waals surface area contributed by atoms with Crippen molar-refractivity contribution in [2.24, 2.45) is 0 Å². The van der Waals surface area contributed by atoms with E-state index in [0.29, 0.717) is 6.54 Å². The molecule has 0 saturated carbocycles. The van der Waals surface area contributed by atoms with Crippen LogP contribution < -0.4 is 5.32 Å². The number of nitrogens with zero attached hydrogens (tertiary/aromatic N) is 1. The van der Waals surface area contributed by atoms with Gasteiger partial charge in [-0.15, -0.1) is 0 Å². The molecule has 0 aliphatic carbocycles. The van der Waals surface area contributed by atoms with E-state index in [9.17, 15) is 8.42 Å². The van der Waals surface area contributed by atoms with Crippen LogP contribution in [0.5, 0.6) is 0 Å². The summed E-state index contributed by atoms with van der Waals surface area (Å²) in [4.78, 5) is 2.38. The smallest absolute Gasteiger partial charge is 0.156 e. The van der Waals surface area contributed by atoms with Gasteiger partial charge in [0.25, 0.3) is 0 Å². The van der Waals surface area contributed by atoms with E-state index in [-0.39, 0.29) is 11.3 Å².